The molecule has 1 unspecified atom stereocenters. The molecule has 1 aromatic carbocycles. The zero-order chi connectivity index (χ0) is 14.1. The van der Waals surface area contributed by atoms with Crippen molar-refractivity contribution in [2.24, 2.45) is 5.92 Å². The van der Waals surface area contributed by atoms with E-state index in [1.54, 1.807) is 12.2 Å². The fourth-order valence-electron chi connectivity index (χ4n) is 3.46. The fraction of sp³-hybridized carbons (Fsp3) is 0.412. The van der Waals surface area contributed by atoms with E-state index in [9.17, 15) is 9.59 Å². The van der Waals surface area contributed by atoms with Gasteiger partial charge in [-0.05, 0) is 31.5 Å². The van der Waals surface area contributed by atoms with Gasteiger partial charge in [-0.2, -0.15) is 0 Å². The Bertz CT molecular complexity index is 549. The van der Waals surface area contributed by atoms with Crippen LogP contribution in [-0.2, 0) is 9.59 Å². The predicted molar refractivity (Wildman–Crippen MR) is 78.2 cm³/mol. The van der Waals surface area contributed by atoms with Gasteiger partial charge in [-0.3, -0.25) is 14.5 Å². The summed E-state index contributed by atoms with van der Waals surface area (Å²) in [6.07, 6.45) is 5.91. The number of carbonyl (C=O) groups excluding carboxylic acids is 2. The number of hydrogen-bond donors (Lipinski definition) is 0. The third-order valence-electron chi connectivity index (χ3n) is 4.61. The van der Waals surface area contributed by atoms with Gasteiger partial charge in [-0.1, -0.05) is 36.4 Å². The monoisotopic (exact) mass is 269 g/mol. The van der Waals surface area contributed by atoms with Crippen molar-refractivity contribution in [3.63, 3.8) is 0 Å². The predicted octanol–water partition coefficient (Wildman–Crippen LogP) is 2.32. The smallest absolute Gasteiger partial charge is 0.167 e. The molecular formula is C17H19NO2. The number of carbonyl (C=O) groups is 2. The first-order chi connectivity index (χ1) is 9.66. The summed E-state index contributed by atoms with van der Waals surface area (Å²) >= 11 is 0. The van der Waals surface area contributed by atoms with Crippen LogP contribution in [0.1, 0.15) is 24.8 Å². The van der Waals surface area contributed by atoms with Gasteiger partial charge in [0.2, 0.25) is 0 Å². The van der Waals surface area contributed by atoms with Crippen LogP contribution in [0, 0.1) is 5.92 Å². The second-order valence-electron chi connectivity index (χ2n) is 5.76. The van der Waals surface area contributed by atoms with Crippen LogP contribution < -0.4 is 0 Å². The Morgan fingerprint density at radius 1 is 1.25 bits per heavy atom. The molecule has 0 amide bonds. The maximum Gasteiger partial charge on any atom is 0.167 e. The average molecular weight is 269 g/mol. The zero-order valence-electron chi connectivity index (χ0n) is 11.7. The standard InChI is InChI=1S/C17H19NO2/c1-18-13-8-9-14(18)17(16(20)11-13)15(19)10-7-12-5-3-2-4-6-12/h2-7,10,13-14,17H,8-9,11H2,1H3/b10-7+/t13-,14+,17?/m1/s1. The second-order valence-corrected chi connectivity index (χ2v) is 5.76. The van der Waals surface area contributed by atoms with Crippen LogP contribution in [0.4, 0.5) is 0 Å². The van der Waals surface area contributed by atoms with Crippen molar-refractivity contribution in [1.29, 1.82) is 0 Å². The molecule has 2 fully saturated rings. The van der Waals surface area contributed by atoms with Crippen LogP contribution in [0.2, 0.25) is 0 Å². The van der Waals surface area contributed by atoms with Crippen LogP contribution in [-0.4, -0.2) is 35.6 Å². The SMILES string of the molecule is CN1[C@@H]2CC[C@H]1C(C(=O)/C=C/c1ccccc1)C(=O)C2. The first-order valence-electron chi connectivity index (χ1n) is 7.18. The van der Waals surface area contributed by atoms with E-state index in [2.05, 4.69) is 4.90 Å². The van der Waals surface area contributed by atoms with E-state index in [0.717, 1.165) is 18.4 Å². The molecule has 2 aliphatic heterocycles. The Morgan fingerprint density at radius 3 is 2.75 bits per heavy atom. The van der Waals surface area contributed by atoms with E-state index in [4.69, 9.17) is 0 Å². The Hall–Kier alpha value is -1.74. The number of piperidine rings is 1. The molecule has 0 spiro atoms. The van der Waals surface area contributed by atoms with Crippen molar-refractivity contribution in [3.8, 4) is 0 Å². The highest BCUT2D eigenvalue weighted by molar-refractivity contribution is 6.10. The molecule has 0 saturated carbocycles. The van der Waals surface area contributed by atoms with E-state index in [-0.39, 0.29) is 17.6 Å². The number of nitrogens with zero attached hydrogens (tertiary/aromatic N) is 1. The molecule has 2 saturated heterocycles. The minimum Gasteiger partial charge on any atom is -0.299 e. The molecule has 0 radical (unpaired) electrons. The summed E-state index contributed by atoms with van der Waals surface area (Å²) in [7, 11) is 2.04. The molecular weight excluding hydrogens is 250 g/mol. The van der Waals surface area contributed by atoms with Crippen molar-refractivity contribution in [1.82, 2.24) is 4.90 Å². The lowest BCUT2D eigenvalue weighted by Gasteiger charge is -2.35. The van der Waals surface area contributed by atoms with Gasteiger partial charge in [0.25, 0.3) is 0 Å². The first-order valence-corrected chi connectivity index (χ1v) is 7.18. The number of ketones is 2. The molecule has 2 heterocycles. The molecule has 2 bridgehead atoms. The fourth-order valence-corrected chi connectivity index (χ4v) is 3.46. The topological polar surface area (TPSA) is 37.4 Å². The molecule has 3 nitrogen and oxygen atoms in total. The maximum atomic E-state index is 12.4. The third kappa shape index (κ3) is 2.34. The lowest BCUT2D eigenvalue weighted by Crippen LogP contribution is -2.49. The minimum absolute atomic E-state index is 0.0453. The summed E-state index contributed by atoms with van der Waals surface area (Å²) in [6.45, 7) is 0. The van der Waals surface area contributed by atoms with Crippen molar-refractivity contribution in [3.05, 3.63) is 42.0 Å². The van der Waals surface area contributed by atoms with E-state index < -0.39 is 5.92 Å². The van der Waals surface area contributed by atoms with Crippen LogP contribution in [0.3, 0.4) is 0 Å². The molecule has 20 heavy (non-hydrogen) atoms. The quantitative estimate of drug-likeness (QED) is 0.624. The second kappa shape index (κ2) is 5.33. The Kier molecular flexibility index (Phi) is 3.53. The highest BCUT2D eigenvalue weighted by Gasteiger charge is 2.47. The summed E-state index contributed by atoms with van der Waals surface area (Å²) in [4.78, 5) is 26.8. The van der Waals surface area contributed by atoms with E-state index >= 15 is 0 Å². The van der Waals surface area contributed by atoms with E-state index in [1.807, 2.05) is 37.4 Å². The lowest BCUT2D eigenvalue weighted by molar-refractivity contribution is -0.136. The van der Waals surface area contributed by atoms with Crippen LogP contribution in [0.5, 0.6) is 0 Å². The van der Waals surface area contributed by atoms with E-state index in [0.29, 0.717) is 12.5 Å². The van der Waals surface area contributed by atoms with Crippen molar-refractivity contribution < 1.29 is 9.59 Å². The first kappa shape index (κ1) is 13.3. The van der Waals surface area contributed by atoms with E-state index in [1.165, 1.54) is 0 Å². The highest BCUT2D eigenvalue weighted by atomic mass is 16.2. The van der Waals surface area contributed by atoms with Gasteiger partial charge in [-0.15, -0.1) is 0 Å². The Labute approximate surface area is 119 Å². The number of hydrogen-bond acceptors (Lipinski definition) is 3. The Balaban J connectivity index is 1.76. The Morgan fingerprint density at radius 2 is 2.00 bits per heavy atom. The van der Waals surface area contributed by atoms with Gasteiger partial charge in [0.15, 0.2) is 5.78 Å². The number of fused-ring (bicyclic) bond motifs is 2. The summed E-state index contributed by atoms with van der Waals surface area (Å²) in [5.41, 5.74) is 0.988. The number of Topliss-reactive ketones (excluding diaryl/α,β-unsaturated/α-hetero) is 1. The van der Waals surface area contributed by atoms with Crippen LogP contribution in [0.15, 0.2) is 36.4 Å². The number of allylic oxidation sites excluding steroid dienone is 1. The molecule has 3 heteroatoms. The molecule has 0 aliphatic carbocycles. The highest BCUT2D eigenvalue weighted by Crippen LogP contribution is 2.36. The van der Waals surface area contributed by atoms with Crippen molar-refractivity contribution >= 4 is 17.6 Å². The third-order valence-corrected chi connectivity index (χ3v) is 4.61. The van der Waals surface area contributed by atoms with Gasteiger partial charge < -0.3 is 0 Å². The van der Waals surface area contributed by atoms with Gasteiger partial charge >= 0.3 is 0 Å². The summed E-state index contributed by atoms with van der Waals surface area (Å²) < 4.78 is 0. The number of rotatable bonds is 3. The minimum atomic E-state index is -0.460. The summed E-state index contributed by atoms with van der Waals surface area (Å²) in [5.74, 6) is -0.381. The van der Waals surface area contributed by atoms with Gasteiger partial charge in [0.1, 0.15) is 5.78 Å². The molecule has 104 valence electrons. The summed E-state index contributed by atoms with van der Waals surface area (Å²) in [5, 5.41) is 0. The van der Waals surface area contributed by atoms with Gasteiger partial charge in [-0.25, -0.2) is 0 Å². The summed E-state index contributed by atoms with van der Waals surface area (Å²) in [6, 6.07) is 10.2. The normalized spacial score (nSPS) is 30.1. The van der Waals surface area contributed by atoms with Crippen LogP contribution in [0.25, 0.3) is 6.08 Å². The van der Waals surface area contributed by atoms with Crippen molar-refractivity contribution in [2.75, 3.05) is 7.05 Å². The molecule has 3 rings (SSSR count). The lowest BCUT2D eigenvalue weighted by atomic mass is 9.85. The number of benzene rings is 1. The maximum absolute atomic E-state index is 12.4. The van der Waals surface area contributed by atoms with Gasteiger partial charge in [0.05, 0.1) is 5.92 Å². The molecule has 0 aromatic heterocycles. The molecule has 2 aliphatic rings. The van der Waals surface area contributed by atoms with Gasteiger partial charge in [0, 0.05) is 18.5 Å². The van der Waals surface area contributed by atoms with Crippen LogP contribution >= 0.6 is 0 Å². The largest absolute Gasteiger partial charge is 0.299 e. The zero-order valence-corrected chi connectivity index (χ0v) is 11.7. The molecule has 3 atom stereocenters. The molecule has 1 aromatic rings. The average Bonchev–Trinajstić information content (AvgIpc) is 2.71. The molecule has 0 N–H and O–H groups in total. The van der Waals surface area contributed by atoms with Crippen molar-refractivity contribution in [2.45, 2.75) is 31.3 Å².